The summed E-state index contributed by atoms with van der Waals surface area (Å²) >= 11 is 0. The lowest BCUT2D eigenvalue weighted by Gasteiger charge is -1.84. The summed E-state index contributed by atoms with van der Waals surface area (Å²) in [5, 5.41) is 0. The van der Waals surface area contributed by atoms with E-state index in [2.05, 4.69) is 5.50 Å². The summed E-state index contributed by atoms with van der Waals surface area (Å²) in [6.07, 6.45) is 0. The van der Waals surface area contributed by atoms with Crippen LogP contribution in [0.2, 0.25) is 0 Å². The summed E-state index contributed by atoms with van der Waals surface area (Å²) in [5.74, 6) is 0. The van der Waals surface area contributed by atoms with Crippen LogP contribution in [0, 0.1) is 0 Å². The quantitative estimate of drug-likeness (QED) is 0.282. The molecule has 0 aliphatic heterocycles. The lowest BCUT2D eigenvalue weighted by molar-refractivity contribution is 0.374. The second kappa shape index (κ2) is 5.08. The molecule has 0 saturated carbocycles. The molecule has 7 nitrogen and oxygen atoms in total. The molecular formula is H7NO6P2. The van der Waals surface area contributed by atoms with Crippen LogP contribution >= 0.6 is 16.0 Å². The SMILES string of the molecule is NP(=O)(O)O.O=[PH](O)O. The van der Waals surface area contributed by atoms with E-state index in [0.29, 0.717) is 0 Å². The molecule has 58 valence electrons. The van der Waals surface area contributed by atoms with Crippen molar-refractivity contribution in [1.29, 1.82) is 0 Å². The first-order chi connectivity index (χ1) is 3.73. The Hall–Kier alpha value is 0.260. The van der Waals surface area contributed by atoms with E-state index in [-0.39, 0.29) is 0 Å². The van der Waals surface area contributed by atoms with Gasteiger partial charge in [0.25, 0.3) is 0 Å². The first-order valence-electron chi connectivity index (χ1n) is 1.49. The van der Waals surface area contributed by atoms with Gasteiger partial charge in [-0.1, -0.05) is 0 Å². The van der Waals surface area contributed by atoms with Gasteiger partial charge in [-0.3, -0.25) is 4.57 Å². The van der Waals surface area contributed by atoms with Crippen LogP contribution < -0.4 is 5.50 Å². The highest BCUT2D eigenvalue weighted by Gasteiger charge is 1.96. The summed E-state index contributed by atoms with van der Waals surface area (Å²) in [6, 6.07) is 0. The Balaban J connectivity index is 0. The molecular weight excluding hydrogens is 172 g/mol. The first kappa shape index (κ1) is 12.0. The fourth-order valence-electron chi connectivity index (χ4n) is 0. The molecule has 0 rings (SSSR count). The molecule has 0 fully saturated rings. The van der Waals surface area contributed by atoms with Crippen molar-refractivity contribution in [3.05, 3.63) is 0 Å². The fraction of sp³-hybridized carbons (Fsp3) is 0. The molecule has 0 heterocycles. The van der Waals surface area contributed by atoms with Gasteiger partial charge < -0.3 is 19.6 Å². The Labute approximate surface area is 51.3 Å². The molecule has 9 heavy (non-hydrogen) atoms. The zero-order valence-corrected chi connectivity index (χ0v) is 6.02. The van der Waals surface area contributed by atoms with Crippen LogP contribution in [0.3, 0.4) is 0 Å². The lowest BCUT2D eigenvalue weighted by Crippen LogP contribution is -1.87. The number of hydrogen-bond donors (Lipinski definition) is 5. The Bertz CT molecular complexity index is 111. The molecule has 0 aromatic carbocycles. The third-order valence-corrected chi connectivity index (χ3v) is 0. The predicted octanol–water partition coefficient (Wildman–Crippen LogP) is -1.60. The van der Waals surface area contributed by atoms with E-state index in [0.717, 1.165) is 0 Å². The second-order valence-corrected chi connectivity index (χ2v) is 2.61. The molecule has 0 aromatic heterocycles. The average molecular weight is 179 g/mol. The van der Waals surface area contributed by atoms with Crippen molar-refractivity contribution in [1.82, 2.24) is 0 Å². The molecule has 0 saturated heterocycles. The molecule has 0 atom stereocenters. The maximum absolute atomic E-state index is 9.10. The van der Waals surface area contributed by atoms with Crippen LogP contribution in [0.4, 0.5) is 0 Å². The van der Waals surface area contributed by atoms with Gasteiger partial charge in [-0.2, -0.15) is 0 Å². The van der Waals surface area contributed by atoms with Crippen LogP contribution in [-0.4, -0.2) is 19.6 Å². The third kappa shape index (κ3) is 4790. The maximum atomic E-state index is 9.10. The Kier molecular flexibility index (Phi) is 6.76. The molecule has 0 spiro atoms. The topological polar surface area (TPSA) is 141 Å². The monoisotopic (exact) mass is 179 g/mol. The second-order valence-electron chi connectivity index (χ2n) is 0.872. The van der Waals surface area contributed by atoms with E-state index in [4.69, 9.17) is 28.7 Å². The van der Waals surface area contributed by atoms with Crippen molar-refractivity contribution in [3.63, 3.8) is 0 Å². The fourth-order valence-corrected chi connectivity index (χ4v) is 0. The van der Waals surface area contributed by atoms with E-state index in [1.807, 2.05) is 0 Å². The van der Waals surface area contributed by atoms with E-state index in [1.165, 1.54) is 0 Å². The Morgan fingerprint density at radius 3 is 1.33 bits per heavy atom. The van der Waals surface area contributed by atoms with Gasteiger partial charge in [0.15, 0.2) is 0 Å². The smallest absolute Gasteiger partial charge is 0.326 e. The van der Waals surface area contributed by atoms with Crippen molar-refractivity contribution in [3.8, 4) is 0 Å². The molecule has 0 bridgehead atoms. The molecule has 0 unspecified atom stereocenters. The zero-order valence-electron chi connectivity index (χ0n) is 4.13. The maximum Gasteiger partial charge on any atom is 0.397 e. The van der Waals surface area contributed by atoms with Crippen molar-refractivity contribution >= 4 is 16.0 Å². The molecule has 6 N–H and O–H groups in total. The minimum atomic E-state index is -4.14. The molecule has 0 radical (unpaired) electrons. The lowest BCUT2D eigenvalue weighted by atomic mass is 13.9. The van der Waals surface area contributed by atoms with Crippen molar-refractivity contribution in [2.24, 2.45) is 5.50 Å². The predicted molar refractivity (Wildman–Crippen MR) is 29.7 cm³/mol. The Morgan fingerprint density at radius 2 is 1.33 bits per heavy atom. The summed E-state index contributed by atoms with van der Waals surface area (Å²) in [6.45, 7) is 0. The van der Waals surface area contributed by atoms with Gasteiger partial charge in [0.05, 0.1) is 0 Å². The van der Waals surface area contributed by atoms with Gasteiger partial charge in [-0.15, -0.1) is 0 Å². The van der Waals surface area contributed by atoms with E-state index >= 15 is 0 Å². The van der Waals surface area contributed by atoms with Crippen LogP contribution in [0.5, 0.6) is 0 Å². The summed E-state index contributed by atoms with van der Waals surface area (Å²) in [5.41, 5.74) is 4.02. The van der Waals surface area contributed by atoms with Crippen molar-refractivity contribution in [2.75, 3.05) is 0 Å². The van der Waals surface area contributed by atoms with Gasteiger partial charge in [0, 0.05) is 0 Å². The number of rotatable bonds is 0. The van der Waals surface area contributed by atoms with Crippen molar-refractivity contribution < 1.29 is 28.7 Å². The van der Waals surface area contributed by atoms with E-state index < -0.39 is 16.0 Å². The van der Waals surface area contributed by atoms with Crippen molar-refractivity contribution in [2.45, 2.75) is 0 Å². The van der Waals surface area contributed by atoms with Gasteiger partial charge in [-0.25, -0.2) is 10.1 Å². The Morgan fingerprint density at radius 1 is 1.33 bits per heavy atom. The normalized spacial score (nSPS) is 10.4. The van der Waals surface area contributed by atoms with Crippen LogP contribution in [-0.2, 0) is 9.13 Å². The summed E-state index contributed by atoms with van der Waals surface area (Å²) in [7, 11) is -7.27. The highest BCUT2D eigenvalue weighted by atomic mass is 31.2. The van der Waals surface area contributed by atoms with E-state index in [1.54, 1.807) is 0 Å². The minimum absolute atomic E-state index is 3.13. The van der Waals surface area contributed by atoms with Gasteiger partial charge in [-0.05, 0) is 0 Å². The molecule has 0 amide bonds. The standard InChI is InChI=1S/H4NO3P.H3O3P/c1-5(2,3)4;1-4(2)3/h(H4,1,2,3,4);4H,(H2,1,2,3). The van der Waals surface area contributed by atoms with Crippen LogP contribution in [0.1, 0.15) is 0 Å². The third-order valence-electron chi connectivity index (χ3n) is 0. The summed E-state index contributed by atoms with van der Waals surface area (Å²) in [4.78, 5) is 29.1. The largest absolute Gasteiger partial charge is 0.397 e. The van der Waals surface area contributed by atoms with Crippen LogP contribution in [0.25, 0.3) is 0 Å². The first-order valence-corrected chi connectivity index (χ1v) is 4.48. The highest BCUT2D eigenvalue weighted by Crippen LogP contribution is 2.20. The van der Waals surface area contributed by atoms with Gasteiger partial charge in [0.1, 0.15) is 0 Å². The average Bonchev–Trinajstić information content (AvgIpc) is 1.19. The molecule has 9 heteroatoms. The minimum Gasteiger partial charge on any atom is -0.326 e. The highest BCUT2D eigenvalue weighted by molar-refractivity contribution is 7.49. The number of nitrogens with two attached hydrogens (primary N) is 1. The summed E-state index contributed by atoms with van der Waals surface area (Å²) < 4.78 is 17.8. The van der Waals surface area contributed by atoms with Crippen LogP contribution in [0.15, 0.2) is 0 Å². The van der Waals surface area contributed by atoms with Gasteiger partial charge in [0.2, 0.25) is 0 Å². The zero-order chi connectivity index (χ0) is 8.08. The van der Waals surface area contributed by atoms with E-state index in [9.17, 15) is 0 Å². The van der Waals surface area contributed by atoms with Gasteiger partial charge >= 0.3 is 16.0 Å². The number of hydrogen-bond acceptors (Lipinski definition) is 2. The molecule has 0 aliphatic rings. The molecule has 0 aromatic rings. The molecule has 0 aliphatic carbocycles.